The Morgan fingerprint density at radius 3 is 2.55 bits per heavy atom. The SMILES string of the molecule is CCS(=O)(=O)CC(C)N(C)C(=O)[C@H]1CCN[C@@H](C)C1.Cl. The molecule has 1 fully saturated rings. The van der Waals surface area contributed by atoms with Crippen molar-refractivity contribution in [1.82, 2.24) is 10.2 Å². The lowest BCUT2D eigenvalue weighted by atomic mass is 9.92. The van der Waals surface area contributed by atoms with Crippen LogP contribution in [0.4, 0.5) is 0 Å². The van der Waals surface area contributed by atoms with Crippen molar-refractivity contribution in [3.05, 3.63) is 0 Å². The van der Waals surface area contributed by atoms with Crippen LogP contribution in [-0.2, 0) is 14.6 Å². The summed E-state index contributed by atoms with van der Waals surface area (Å²) in [6.45, 7) is 6.37. The lowest BCUT2D eigenvalue weighted by molar-refractivity contribution is -0.136. The Morgan fingerprint density at radius 1 is 1.45 bits per heavy atom. The van der Waals surface area contributed by atoms with Crippen LogP contribution in [0.5, 0.6) is 0 Å². The minimum absolute atomic E-state index is 0. The number of carbonyl (C=O) groups excluding carboxylic acids is 1. The van der Waals surface area contributed by atoms with Crippen LogP contribution in [-0.4, -0.2) is 56.4 Å². The van der Waals surface area contributed by atoms with E-state index in [4.69, 9.17) is 0 Å². The second-order valence-electron chi connectivity index (χ2n) is 5.57. The molecule has 0 aromatic carbocycles. The molecule has 0 spiro atoms. The molecule has 7 heteroatoms. The smallest absolute Gasteiger partial charge is 0.225 e. The van der Waals surface area contributed by atoms with E-state index in [2.05, 4.69) is 12.2 Å². The number of halogens is 1. The molecule has 0 bridgehead atoms. The van der Waals surface area contributed by atoms with E-state index >= 15 is 0 Å². The summed E-state index contributed by atoms with van der Waals surface area (Å²) in [5.41, 5.74) is 0. The number of nitrogens with one attached hydrogen (secondary N) is 1. The molecule has 0 saturated carbocycles. The van der Waals surface area contributed by atoms with Crippen LogP contribution >= 0.6 is 12.4 Å². The van der Waals surface area contributed by atoms with Gasteiger partial charge >= 0.3 is 0 Å². The highest BCUT2D eigenvalue weighted by atomic mass is 35.5. The zero-order chi connectivity index (χ0) is 14.6. The van der Waals surface area contributed by atoms with Crippen LogP contribution in [0.15, 0.2) is 0 Å². The molecule has 0 aromatic rings. The minimum Gasteiger partial charge on any atom is -0.342 e. The molecule has 20 heavy (non-hydrogen) atoms. The van der Waals surface area contributed by atoms with Gasteiger partial charge in [-0.1, -0.05) is 6.92 Å². The number of amides is 1. The lowest BCUT2D eigenvalue weighted by Crippen LogP contribution is -2.47. The van der Waals surface area contributed by atoms with Crippen LogP contribution in [0.25, 0.3) is 0 Å². The lowest BCUT2D eigenvalue weighted by Gasteiger charge is -2.33. The molecule has 120 valence electrons. The van der Waals surface area contributed by atoms with Crippen LogP contribution in [0.2, 0.25) is 0 Å². The molecule has 1 unspecified atom stereocenters. The third-order valence-electron chi connectivity index (χ3n) is 3.92. The van der Waals surface area contributed by atoms with E-state index in [1.165, 1.54) is 0 Å². The highest BCUT2D eigenvalue weighted by Gasteiger charge is 2.30. The molecule has 1 rings (SSSR count). The summed E-state index contributed by atoms with van der Waals surface area (Å²) in [7, 11) is -1.33. The predicted octanol–water partition coefficient (Wildman–Crippen LogP) is 1.08. The Balaban J connectivity index is 0.00000361. The van der Waals surface area contributed by atoms with Gasteiger partial charge in [-0.3, -0.25) is 4.79 Å². The summed E-state index contributed by atoms with van der Waals surface area (Å²) in [6, 6.07) is 0.0911. The van der Waals surface area contributed by atoms with Gasteiger partial charge in [0.05, 0.1) is 5.75 Å². The topological polar surface area (TPSA) is 66.5 Å². The van der Waals surface area contributed by atoms with Crippen molar-refractivity contribution >= 4 is 28.2 Å². The standard InChI is InChI=1S/C13H26N2O3S.ClH/c1-5-19(17,18)9-11(3)15(4)13(16)12-6-7-14-10(2)8-12;/h10-12,14H,5-9H2,1-4H3;1H/t10-,11?,12-;/m0./s1. The average Bonchev–Trinajstić information content (AvgIpc) is 2.36. The predicted molar refractivity (Wildman–Crippen MR) is 84.0 cm³/mol. The van der Waals surface area contributed by atoms with Gasteiger partial charge in [-0.15, -0.1) is 12.4 Å². The zero-order valence-corrected chi connectivity index (χ0v) is 14.4. The molecule has 0 radical (unpaired) electrons. The van der Waals surface area contributed by atoms with Crippen LogP contribution in [0.3, 0.4) is 0 Å². The normalized spacial score (nSPS) is 24.6. The fraction of sp³-hybridized carbons (Fsp3) is 0.923. The molecule has 1 heterocycles. The van der Waals surface area contributed by atoms with E-state index in [0.717, 1.165) is 19.4 Å². The van der Waals surface area contributed by atoms with Crippen LogP contribution < -0.4 is 5.32 Å². The first kappa shape index (κ1) is 19.7. The molecule has 3 atom stereocenters. The summed E-state index contributed by atoms with van der Waals surface area (Å²) in [5.74, 6) is 0.274. The van der Waals surface area contributed by atoms with E-state index in [-0.39, 0.29) is 41.8 Å². The maximum atomic E-state index is 12.4. The first-order chi connectivity index (χ1) is 8.76. The summed E-state index contributed by atoms with van der Waals surface area (Å²) in [6.07, 6.45) is 1.66. The summed E-state index contributed by atoms with van der Waals surface area (Å²) in [4.78, 5) is 14.0. The molecular formula is C13H27ClN2O3S. The van der Waals surface area contributed by atoms with Crippen molar-refractivity contribution in [3.8, 4) is 0 Å². The van der Waals surface area contributed by atoms with Gasteiger partial charge in [0.25, 0.3) is 0 Å². The van der Waals surface area contributed by atoms with Crippen molar-refractivity contribution in [2.45, 2.75) is 45.7 Å². The van der Waals surface area contributed by atoms with E-state index in [1.807, 2.05) is 0 Å². The first-order valence-corrected chi connectivity index (χ1v) is 8.79. The molecule has 0 aliphatic carbocycles. The molecule has 1 amide bonds. The molecule has 1 N–H and O–H groups in total. The summed E-state index contributed by atoms with van der Waals surface area (Å²) < 4.78 is 23.2. The van der Waals surface area contributed by atoms with Crippen molar-refractivity contribution < 1.29 is 13.2 Å². The number of piperidine rings is 1. The third kappa shape index (κ3) is 5.58. The molecule has 1 aliphatic rings. The largest absolute Gasteiger partial charge is 0.342 e. The molecule has 0 aromatic heterocycles. The van der Waals surface area contributed by atoms with E-state index < -0.39 is 9.84 Å². The van der Waals surface area contributed by atoms with Crippen LogP contribution in [0, 0.1) is 5.92 Å². The number of nitrogens with zero attached hydrogens (tertiary/aromatic N) is 1. The van der Waals surface area contributed by atoms with Crippen molar-refractivity contribution in [3.63, 3.8) is 0 Å². The Morgan fingerprint density at radius 2 is 2.05 bits per heavy atom. The highest BCUT2D eigenvalue weighted by Crippen LogP contribution is 2.19. The minimum atomic E-state index is -3.04. The van der Waals surface area contributed by atoms with Crippen molar-refractivity contribution in [2.24, 2.45) is 5.92 Å². The van der Waals surface area contributed by atoms with Crippen molar-refractivity contribution in [2.75, 3.05) is 25.1 Å². The number of sulfone groups is 1. The van der Waals surface area contributed by atoms with Gasteiger partial charge in [-0.2, -0.15) is 0 Å². The number of hydrogen-bond acceptors (Lipinski definition) is 4. The Bertz CT molecular complexity index is 414. The molecular weight excluding hydrogens is 300 g/mol. The molecule has 5 nitrogen and oxygen atoms in total. The Labute approximate surface area is 128 Å². The average molecular weight is 327 g/mol. The van der Waals surface area contributed by atoms with Gasteiger partial charge in [0.1, 0.15) is 0 Å². The third-order valence-corrected chi connectivity index (χ3v) is 5.79. The zero-order valence-electron chi connectivity index (χ0n) is 12.8. The first-order valence-electron chi connectivity index (χ1n) is 6.97. The molecule has 1 saturated heterocycles. The second kappa shape index (κ2) is 8.20. The van der Waals surface area contributed by atoms with Crippen molar-refractivity contribution in [1.29, 1.82) is 0 Å². The number of rotatable bonds is 5. The summed E-state index contributed by atoms with van der Waals surface area (Å²) in [5, 5.41) is 3.32. The van der Waals surface area contributed by atoms with Gasteiger partial charge in [0.15, 0.2) is 9.84 Å². The number of hydrogen-bond donors (Lipinski definition) is 1. The quantitative estimate of drug-likeness (QED) is 0.821. The maximum absolute atomic E-state index is 12.4. The van der Waals surface area contributed by atoms with E-state index in [9.17, 15) is 13.2 Å². The summed E-state index contributed by atoms with van der Waals surface area (Å²) >= 11 is 0. The second-order valence-corrected chi connectivity index (χ2v) is 7.97. The Hall–Kier alpha value is -0.330. The van der Waals surface area contributed by atoms with E-state index in [0.29, 0.717) is 6.04 Å². The molecule has 1 aliphatic heterocycles. The van der Waals surface area contributed by atoms with E-state index in [1.54, 1.807) is 25.8 Å². The highest BCUT2D eigenvalue weighted by molar-refractivity contribution is 7.91. The monoisotopic (exact) mass is 326 g/mol. The van der Waals surface area contributed by atoms with Gasteiger partial charge in [-0.05, 0) is 33.2 Å². The van der Waals surface area contributed by atoms with Crippen LogP contribution in [0.1, 0.15) is 33.6 Å². The fourth-order valence-electron chi connectivity index (χ4n) is 2.46. The number of carbonyl (C=O) groups is 1. The maximum Gasteiger partial charge on any atom is 0.225 e. The fourth-order valence-corrected chi connectivity index (χ4v) is 3.65. The van der Waals surface area contributed by atoms with Gasteiger partial charge < -0.3 is 10.2 Å². The van der Waals surface area contributed by atoms with Gasteiger partial charge in [0, 0.05) is 30.8 Å². The van der Waals surface area contributed by atoms with Gasteiger partial charge in [0.2, 0.25) is 5.91 Å². The Kier molecular flexibility index (Phi) is 8.06. The van der Waals surface area contributed by atoms with Gasteiger partial charge in [-0.25, -0.2) is 8.42 Å².